The van der Waals surface area contributed by atoms with Crippen molar-refractivity contribution in [3.63, 3.8) is 0 Å². The van der Waals surface area contributed by atoms with Crippen molar-refractivity contribution in [2.24, 2.45) is 0 Å². The van der Waals surface area contributed by atoms with Gasteiger partial charge in [0.2, 0.25) is 11.8 Å². The third kappa shape index (κ3) is 8.33. The molecule has 1 N–H and O–H groups in total. The molecule has 1 fully saturated rings. The maximum Gasteiger partial charge on any atom is 0.222 e. The van der Waals surface area contributed by atoms with E-state index in [9.17, 15) is 9.59 Å². The van der Waals surface area contributed by atoms with Crippen LogP contribution in [0.15, 0.2) is 47.6 Å². The summed E-state index contributed by atoms with van der Waals surface area (Å²) in [5.41, 5.74) is 4.74. The first kappa shape index (κ1) is 28.7. The van der Waals surface area contributed by atoms with Crippen LogP contribution in [0.3, 0.4) is 0 Å². The summed E-state index contributed by atoms with van der Waals surface area (Å²) in [6.45, 7) is 6.42. The highest BCUT2D eigenvalue weighted by Crippen LogP contribution is 2.28. The Labute approximate surface area is 235 Å². The molecule has 3 aromatic rings. The summed E-state index contributed by atoms with van der Waals surface area (Å²) in [4.78, 5) is 25.9. The highest BCUT2D eigenvalue weighted by molar-refractivity contribution is 7.98. The zero-order valence-electron chi connectivity index (χ0n) is 23.2. The Bertz CT molecular complexity index is 1250. The lowest BCUT2D eigenvalue weighted by Gasteiger charge is -2.15. The molecule has 0 bridgehead atoms. The van der Waals surface area contributed by atoms with Gasteiger partial charge in [0.25, 0.3) is 0 Å². The van der Waals surface area contributed by atoms with E-state index < -0.39 is 0 Å². The quantitative estimate of drug-likeness (QED) is 0.224. The van der Waals surface area contributed by atoms with E-state index in [0.29, 0.717) is 19.4 Å². The number of amides is 2. The van der Waals surface area contributed by atoms with Gasteiger partial charge in [-0.1, -0.05) is 47.2 Å². The molecule has 0 unspecified atom stereocenters. The first-order valence-electron chi connectivity index (χ1n) is 13.8. The Hall–Kier alpha value is -3.33. The number of carbonyl (C=O) groups is 2. The lowest BCUT2D eigenvalue weighted by Crippen LogP contribution is -2.30. The van der Waals surface area contributed by atoms with Gasteiger partial charge in [-0.25, -0.2) is 0 Å². The number of benzene rings is 2. The normalized spacial score (nSPS) is 13.2. The average Bonchev–Trinajstić information content (AvgIpc) is 3.52. The molecule has 0 radical (unpaired) electrons. The minimum atomic E-state index is 0.0571. The molecule has 0 saturated carbocycles. The lowest BCUT2D eigenvalue weighted by atomic mass is 10.1. The van der Waals surface area contributed by atoms with Gasteiger partial charge in [-0.3, -0.25) is 14.2 Å². The van der Waals surface area contributed by atoms with Crippen molar-refractivity contribution in [3.05, 3.63) is 65.0 Å². The molecule has 1 aliphatic rings. The molecule has 0 spiro atoms. The summed E-state index contributed by atoms with van der Waals surface area (Å²) in [5.74, 6) is 2.75. The Morgan fingerprint density at radius 1 is 1.08 bits per heavy atom. The van der Waals surface area contributed by atoms with Crippen LogP contribution in [0.5, 0.6) is 5.75 Å². The highest BCUT2D eigenvalue weighted by atomic mass is 32.2. The summed E-state index contributed by atoms with van der Waals surface area (Å²) in [5, 5.41) is 12.9. The molecule has 39 heavy (non-hydrogen) atoms. The summed E-state index contributed by atoms with van der Waals surface area (Å²) in [7, 11) is 1.67. The van der Waals surface area contributed by atoms with Gasteiger partial charge in [0.1, 0.15) is 11.6 Å². The van der Waals surface area contributed by atoms with Gasteiger partial charge in [-0.05, 0) is 57.2 Å². The zero-order valence-corrected chi connectivity index (χ0v) is 24.1. The number of methoxy groups -OCH3 is 1. The maximum atomic E-state index is 12.3. The summed E-state index contributed by atoms with van der Waals surface area (Å²) in [6, 6.07) is 14.5. The molecule has 2 amide bonds. The average molecular weight is 550 g/mol. The number of unbranched alkanes of at least 4 members (excludes halogenated alkanes) is 1. The monoisotopic (exact) mass is 549 g/mol. The van der Waals surface area contributed by atoms with Crippen molar-refractivity contribution in [3.8, 4) is 11.4 Å². The standard InChI is InChI=1S/C30H39N5O3S/c1-22-17-23(2)19-24(18-22)21-39-30-33-32-27(35(30)25-9-6-10-26(20-25)38-3)11-4-5-12-28(36)31-14-8-16-34-15-7-13-29(34)37/h6,9-10,17-20H,4-5,7-8,11-16,21H2,1-3H3,(H,31,36). The van der Waals surface area contributed by atoms with Crippen LogP contribution in [0.1, 0.15) is 61.0 Å². The molecule has 2 aromatic carbocycles. The number of aromatic nitrogens is 3. The van der Waals surface area contributed by atoms with Gasteiger partial charge in [-0.2, -0.15) is 0 Å². The minimum Gasteiger partial charge on any atom is -0.497 e. The smallest absolute Gasteiger partial charge is 0.222 e. The Morgan fingerprint density at radius 2 is 1.90 bits per heavy atom. The number of rotatable bonds is 14. The predicted octanol–water partition coefficient (Wildman–Crippen LogP) is 5.03. The van der Waals surface area contributed by atoms with Crippen molar-refractivity contribution < 1.29 is 14.3 Å². The molecule has 1 aromatic heterocycles. The molecule has 0 aliphatic carbocycles. The molecule has 1 saturated heterocycles. The fraction of sp³-hybridized carbons (Fsp3) is 0.467. The number of thioether (sulfide) groups is 1. The van der Waals surface area contributed by atoms with E-state index in [-0.39, 0.29) is 11.8 Å². The second-order valence-electron chi connectivity index (χ2n) is 10.1. The number of hydrogen-bond donors (Lipinski definition) is 1. The lowest BCUT2D eigenvalue weighted by molar-refractivity contribution is -0.127. The number of nitrogens with one attached hydrogen (secondary N) is 1. The van der Waals surface area contributed by atoms with Crippen molar-refractivity contribution in [1.29, 1.82) is 0 Å². The van der Waals surface area contributed by atoms with Gasteiger partial charge >= 0.3 is 0 Å². The number of carbonyl (C=O) groups excluding carboxylic acids is 2. The topological polar surface area (TPSA) is 89.4 Å². The highest BCUT2D eigenvalue weighted by Gasteiger charge is 2.19. The molecular weight excluding hydrogens is 510 g/mol. The van der Waals surface area contributed by atoms with Gasteiger partial charge in [-0.15, -0.1) is 10.2 Å². The van der Waals surface area contributed by atoms with Gasteiger partial charge in [0.05, 0.1) is 12.8 Å². The Balaban J connectivity index is 1.32. The Morgan fingerprint density at radius 3 is 2.64 bits per heavy atom. The first-order chi connectivity index (χ1) is 18.9. The number of likely N-dealkylation sites (tertiary alicyclic amines) is 1. The molecule has 9 heteroatoms. The van der Waals surface area contributed by atoms with Gasteiger partial charge in [0, 0.05) is 50.7 Å². The van der Waals surface area contributed by atoms with E-state index in [4.69, 9.17) is 4.74 Å². The van der Waals surface area contributed by atoms with Crippen LogP contribution in [-0.4, -0.2) is 58.2 Å². The van der Waals surface area contributed by atoms with E-state index in [2.05, 4.69) is 52.1 Å². The second kappa shape index (κ2) is 14.2. The molecule has 4 rings (SSSR count). The van der Waals surface area contributed by atoms with Crippen LogP contribution >= 0.6 is 11.8 Å². The number of aryl methyl sites for hydroxylation is 3. The Kier molecular flexibility index (Phi) is 10.4. The largest absolute Gasteiger partial charge is 0.497 e. The van der Waals surface area contributed by atoms with E-state index in [1.54, 1.807) is 18.9 Å². The molecule has 8 nitrogen and oxygen atoms in total. The summed E-state index contributed by atoms with van der Waals surface area (Å²) < 4.78 is 7.57. The van der Waals surface area contributed by atoms with Crippen molar-refractivity contribution in [1.82, 2.24) is 25.0 Å². The van der Waals surface area contributed by atoms with Crippen molar-refractivity contribution in [2.45, 2.75) is 69.7 Å². The molecule has 208 valence electrons. The van der Waals surface area contributed by atoms with Crippen LogP contribution < -0.4 is 10.1 Å². The summed E-state index contributed by atoms with van der Waals surface area (Å²) >= 11 is 1.67. The van der Waals surface area contributed by atoms with Crippen molar-refractivity contribution in [2.75, 3.05) is 26.7 Å². The van der Waals surface area contributed by atoms with Gasteiger partial charge in [0.15, 0.2) is 5.16 Å². The maximum absolute atomic E-state index is 12.3. The van der Waals surface area contributed by atoms with E-state index in [1.165, 1.54) is 16.7 Å². The molecule has 2 heterocycles. The van der Waals surface area contributed by atoms with E-state index in [0.717, 1.165) is 73.4 Å². The molecular formula is C30H39N5O3S. The summed E-state index contributed by atoms with van der Waals surface area (Å²) in [6.07, 6.45) is 5.20. The van der Waals surface area contributed by atoms with Crippen LogP contribution in [0, 0.1) is 13.8 Å². The zero-order chi connectivity index (χ0) is 27.6. The number of hydrogen-bond acceptors (Lipinski definition) is 6. The molecule has 0 atom stereocenters. The molecule has 1 aliphatic heterocycles. The third-order valence-electron chi connectivity index (χ3n) is 6.81. The number of nitrogens with zero attached hydrogens (tertiary/aromatic N) is 4. The van der Waals surface area contributed by atoms with Gasteiger partial charge < -0.3 is 15.0 Å². The van der Waals surface area contributed by atoms with Crippen LogP contribution in [0.25, 0.3) is 5.69 Å². The number of ether oxygens (including phenoxy) is 1. The fourth-order valence-electron chi connectivity index (χ4n) is 4.96. The van der Waals surface area contributed by atoms with Crippen LogP contribution in [0.4, 0.5) is 0 Å². The minimum absolute atomic E-state index is 0.0571. The van der Waals surface area contributed by atoms with E-state index in [1.807, 2.05) is 29.2 Å². The fourth-order valence-corrected chi connectivity index (χ4v) is 5.86. The predicted molar refractivity (Wildman–Crippen MR) is 154 cm³/mol. The van der Waals surface area contributed by atoms with Crippen molar-refractivity contribution >= 4 is 23.6 Å². The third-order valence-corrected chi connectivity index (χ3v) is 7.81. The van der Waals surface area contributed by atoms with Crippen LogP contribution in [0.2, 0.25) is 0 Å². The first-order valence-corrected chi connectivity index (χ1v) is 14.7. The SMILES string of the molecule is COc1cccc(-n2c(CCCCC(=O)NCCCN3CCCC3=O)nnc2SCc2cc(C)cc(C)c2)c1. The second-order valence-corrected chi connectivity index (χ2v) is 11.1. The van der Waals surface area contributed by atoms with Crippen LogP contribution in [-0.2, 0) is 21.8 Å². The van der Waals surface area contributed by atoms with E-state index >= 15 is 0 Å².